The van der Waals surface area contributed by atoms with Crippen molar-refractivity contribution in [3.05, 3.63) is 42.0 Å². The Labute approximate surface area is 202 Å². The second-order valence-corrected chi connectivity index (χ2v) is 10.6. The van der Waals surface area contributed by atoms with E-state index in [0.29, 0.717) is 5.69 Å². The second-order valence-electron chi connectivity index (χ2n) is 8.58. The Hall–Kier alpha value is -3.10. The Morgan fingerprint density at radius 1 is 0.972 bits per heavy atom. The maximum atomic E-state index is 13.4. The van der Waals surface area contributed by atoms with Crippen molar-refractivity contribution in [3.63, 3.8) is 0 Å². The van der Waals surface area contributed by atoms with Gasteiger partial charge < -0.3 is 14.5 Å². The summed E-state index contributed by atoms with van der Waals surface area (Å²) in [4.78, 5) is 22.5. The molecule has 0 radical (unpaired) electrons. The summed E-state index contributed by atoms with van der Waals surface area (Å²) >= 11 is 0. The van der Waals surface area contributed by atoms with Crippen molar-refractivity contribution in [2.75, 3.05) is 37.3 Å². The van der Waals surface area contributed by atoms with Gasteiger partial charge in [0.1, 0.15) is 5.75 Å². The van der Waals surface area contributed by atoms with Crippen molar-refractivity contribution in [3.8, 4) is 5.75 Å². The monoisotopic (exact) mass is 540 g/mol. The molecule has 1 aliphatic heterocycles. The molecule has 8 nitrogen and oxygen atoms in total. The molecular formula is C21H22F6N4O4S. The van der Waals surface area contributed by atoms with Gasteiger partial charge in [-0.1, -0.05) is 0 Å². The quantitative estimate of drug-likeness (QED) is 0.536. The molecule has 3 rings (SSSR count). The van der Waals surface area contributed by atoms with E-state index in [2.05, 4.69) is 9.97 Å². The second kappa shape index (κ2) is 9.41. The SMILES string of the molecule is CC(C)(Oc1ccc(S(C)(=O)=O)cc1C(=O)N1CCN(c2cnc(C(F)(F)F)nc2)CC1)C(F)(F)F. The number of rotatable bonds is 5. The predicted octanol–water partition coefficient (Wildman–Crippen LogP) is 3.58. The number of sulfone groups is 1. The molecule has 36 heavy (non-hydrogen) atoms. The molecule has 2 aromatic rings. The van der Waals surface area contributed by atoms with E-state index in [9.17, 15) is 39.6 Å². The van der Waals surface area contributed by atoms with E-state index in [4.69, 9.17) is 4.74 Å². The molecule has 198 valence electrons. The third-order valence-electron chi connectivity index (χ3n) is 5.48. The smallest absolute Gasteiger partial charge is 0.451 e. The summed E-state index contributed by atoms with van der Waals surface area (Å²) in [6.45, 7) is 1.97. The number of alkyl halides is 6. The Bertz CT molecular complexity index is 1220. The summed E-state index contributed by atoms with van der Waals surface area (Å²) in [5.74, 6) is -2.48. The molecule has 1 aromatic carbocycles. The molecule has 0 N–H and O–H groups in total. The number of amides is 1. The van der Waals surface area contributed by atoms with Gasteiger partial charge in [0.2, 0.25) is 5.82 Å². The van der Waals surface area contributed by atoms with Gasteiger partial charge in [-0.25, -0.2) is 18.4 Å². The number of nitrogens with zero attached hydrogens (tertiary/aromatic N) is 4. The highest BCUT2D eigenvalue weighted by atomic mass is 32.2. The van der Waals surface area contributed by atoms with Crippen LogP contribution in [0.4, 0.5) is 32.0 Å². The normalized spacial score (nSPS) is 15.7. The van der Waals surface area contributed by atoms with E-state index in [1.54, 1.807) is 4.90 Å². The van der Waals surface area contributed by atoms with Crippen LogP contribution in [0, 0.1) is 0 Å². The number of halogens is 6. The minimum Gasteiger partial charge on any atom is -0.478 e. The van der Waals surface area contributed by atoms with Gasteiger partial charge in [-0.15, -0.1) is 0 Å². The fourth-order valence-electron chi connectivity index (χ4n) is 3.30. The minimum atomic E-state index is -4.78. The minimum absolute atomic E-state index is 0.0467. The lowest BCUT2D eigenvalue weighted by Crippen LogP contribution is -2.49. The van der Waals surface area contributed by atoms with Gasteiger partial charge in [-0.2, -0.15) is 26.3 Å². The molecule has 1 saturated heterocycles. The topological polar surface area (TPSA) is 92.7 Å². The van der Waals surface area contributed by atoms with Crippen LogP contribution in [0.25, 0.3) is 0 Å². The summed E-state index contributed by atoms with van der Waals surface area (Å²) in [5.41, 5.74) is -2.73. The third-order valence-corrected chi connectivity index (χ3v) is 6.59. The van der Waals surface area contributed by atoms with Crippen molar-refractivity contribution in [2.24, 2.45) is 0 Å². The molecule has 0 aliphatic carbocycles. The number of carbonyl (C=O) groups is 1. The van der Waals surface area contributed by atoms with Gasteiger partial charge in [0, 0.05) is 32.4 Å². The molecule has 1 aliphatic rings. The summed E-state index contributed by atoms with van der Waals surface area (Å²) in [6, 6.07) is 3.03. The molecule has 1 fully saturated rings. The molecule has 0 spiro atoms. The van der Waals surface area contributed by atoms with Gasteiger partial charge in [0.05, 0.1) is 28.5 Å². The summed E-state index contributed by atoms with van der Waals surface area (Å²) in [7, 11) is -3.79. The zero-order valence-electron chi connectivity index (χ0n) is 19.3. The average molecular weight is 540 g/mol. The van der Waals surface area contributed by atoms with Crippen molar-refractivity contribution in [2.45, 2.75) is 36.7 Å². The summed E-state index contributed by atoms with van der Waals surface area (Å²) in [5, 5.41) is 0. The average Bonchev–Trinajstić information content (AvgIpc) is 2.77. The van der Waals surface area contributed by atoms with E-state index >= 15 is 0 Å². The highest BCUT2D eigenvalue weighted by molar-refractivity contribution is 7.90. The van der Waals surface area contributed by atoms with Crippen molar-refractivity contribution in [1.82, 2.24) is 14.9 Å². The Kier molecular flexibility index (Phi) is 7.18. The van der Waals surface area contributed by atoms with Crippen LogP contribution in [0.15, 0.2) is 35.5 Å². The maximum absolute atomic E-state index is 13.4. The van der Waals surface area contributed by atoms with Crippen LogP contribution in [-0.4, -0.2) is 73.4 Å². The number of benzene rings is 1. The van der Waals surface area contributed by atoms with Gasteiger partial charge in [-0.05, 0) is 32.0 Å². The van der Waals surface area contributed by atoms with Crippen LogP contribution < -0.4 is 9.64 Å². The number of ether oxygens (including phenoxy) is 1. The van der Waals surface area contributed by atoms with Crippen LogP contribution in [0.1, 0.15) is 30.0 Å². The number of aromatic nitrogens is 2. The molecule has 0 atom stereocenters. The molecule has 2 heterocycles. The van der Waals surface area contributed by atoms with E-state index in [-0.39, 0.29) is 36.6 Å². The zero-order valence-corrected chi connectivity index (χ0v) is 20.1. The third kappa shape index (κ3) is 5.99. The highest BCUT2D eigenvalue weighted by Gasteiger charge is 2.50. The van der Waals surface area contributed by atoms with E-state index in [1.165, 1.54) is 4.90 Å². The molecule has 15 heteroatoms. The van der Waals surface area contributed by atoms with Gasteiger partial charge in [0.25, 0.3) is 5.91 Å². The van der Waals surface area contributed by atoms with Gasteiger partial charge in [-0.3, -0.25) is 4.79 Å². The van der Waals surface area contributed by atoms with E-state index in [1.807, 2.05) is 0 Å². The molecular weight excluding hydrogens is 518 g/mol. The van der Waals surface area contributed by atoms with Crippen molar-refractivity contribution >= 4 is 21.4 Å². The van der Waals surface area contributed by atoms with Crippen LogP contribution in [0.5, 0.6) is 5.75 Å². The number of anilines is 1. The molecule has 0 bridgehead atoms. The first kappa shape index (κ1) is 27.5. The highest BCUT2D eigenvalue weighted by Crippen LogP contribution is 2.36. The van der Waals surface area contributed by atoms with Gasteiger partial charge >= 0.3 is 12.4 Å². The zero-order chi connectivity index (χ0) is 27.1. The number of carbonyl (C=O) groups excluding carboxylic acids is 1. The van der Waals surface area contributed by atoms with E-state index < -0.39 is 45.3 Å². The molecule has 1 aromatic heterocycles. The Morgan fingerprint density at radius 2 is 1.53 bits per heavy atom. The lowest BCUT2D eigenvalue weighted by atomic mass is 10.1. The summed E-state index contributed by atoms with van der Waals surface area (Å²) in [6.07, 6.45) is -6.56. The number of piperazine rings is 1. The largest absolute Gasteiger partial charge is 0.478 e. The standard InChI is InChI=1S/C21H22F6N4O4S/c1-19(2,21(25,26)27)35-16-5-4-14(36(3,33)34)10-15(16)17(32)31-8-6-30(7-9-31)13-11-28-18(29-12-13)20(22,23)24/h4-5,10-12H,6-9H2,1-3H3. The fourth-order valence-corrected chi connectivity index (χ4v) is 3.94. The molecule has 0 saturated carbocycles. The molecule has 1 amide bonds. The maximum Gasteiger partial charge on any atom is 0.451 e. The summed E-state index contributed by atoms with van der Waals surface area (Å²) < 4.78 is 107. The lowest BCUT2D eigenvalue weighted by Gasteiger charge is -2.36. The first-order valence-electron chi connectivity index (χ1n) is 10.4. The first-order valence-corrected chi connectivity index (χ1v) is 12.3. The van der Waals surface area contributed by atoms with Crippen LogP contribution >= 0.6 is 0 Å². The van der Waals surface area contributed by atoms with Crippen LogP contribution in [0.2, 0.25) is 0 Å². The van der Waals surface area contributed by atoms with Crippen molar-refractivity contribution < 1.29 is 44.3 Å². The number of hydrogen-bond donors (Lipinski definition) is 0. The lowest BCUT2D eigenvalue weighted by molar-refractivity contribution is -0.234. The first-order chi connectivity index (χ1) is 16.4. The Morgan fingerprint density at radius 3 is 2.00 bits per heavy atom. The predicted molar refractivity (Wildman–Crippen MR) is 115 cm³/mol. The van der Waals surface area contributed by atoms with Crippen LogP contribution in [0.3, 0.4) is 0 Å². The molecule has 0 unspecified atom stereocenters. The van der Waals surface area contributed by atoms with Crippen LogP contribution in [-0.2, 0) is 16.0 Å². The van der Waals surface area contributed by atoms with E-state index in [0.717, 1.165) is 50.7 Å². The van der Waals surface area contributed by atoms with Crippen molar-refractivity contribution in [1.29, 1.82) is 0 Å². The fraction of sp³-hybridized carbons (Fsp3) is 0.476. The Balaban J connectivity index is 1.83. The number of hydrogen-bond acceptors (Lipinski definition) is 7. The van der Waals surface area contributed by atoms with Gasteiger partial charge in [0.15, 0.2) is 15.4 Å².